The van der Waals surface area contributed by atoms with Crippen LogP contribution in [0.2, 0.25) is 0 Å². The molecule has 406 valence electrons. The Morgan fingerprint density at radius 1 is 0.437 bits per heavy atom. The van der Waals surface area contributed by atoms with Gasteiger partial charge < -0.3 is 20.1 Å². The van der Waals surface area contributed by atoms with Crippen LogP contribution in [0, 0.1) is 0 Å². The molecule has 2 atom stereocenters. The summed E-state index contributed by atoms with van der Waals surface area (Å²) in [4.78, 5) is 35.1. The Morgan fingerprint density at radius 3 is 1.15 bits per heavy atom. The molecule has 10 heteroatoms. The van der Waals surface area contributed by atoms with Gasteiger partial charge in [-0.3, -0.25) is 18.6 Å². The summed E-state index contributed by atoms with van der Waals surface area (Å²) in [5.74, 6) is -0.841. The number of nitrogens with two attached hydrogens (primary N) is 1. The molecule has 0 aromatic carbocycles. The fraction of sp³-hybridized carbons (Fsp3) is 0.672. The minimum absolute atomic E-state index is 0.0475. The molecular weight excluding hydrogens is 906 g/mol. The molecule has 3 N–H and O–H groups in total. The van der Waals surface area contributed by atoms with Gasteiger partial charge in [-0.2, -0.15) is 0 Å². The first kappa shape index (κ1) is 67.7. The zero-order chi connectivity index (χ0) is 51.7. The lowest BCUT2D eigenvalue weighted by Gasteiger charge is -2.19. The molecule has 0 aromatic heterocycles. The van der Waals surface area contributed by atoms with Gasteiger partial charge in [0.25, 0.3) is 0 Å². The lowest BCUT2D eigenvalue weighted by atomic mass is 10.0. The Balaban J connectivity index is 4.03. The number of phosphoric acid groups is 1. The topological polar surface area (TPSA) is 134 Å². The van der Waals surface area contributed by atoms with Crippen molar-refractivity contribution >= 4 is 19.8 Å². The summed E-state index contributed by atoms with van der Waals surface area (Å²) in [5.41, 5.74) is 5.37. The summed E-state index contributed by atoms with van der Waals surface area (Å²) in [7, 11) is -4.39. The largest absolute Gasteiger partial charge is 0.472 e. The average molecular weight is 1010 g/mol. The summed E-state index contributed by atoms with van der Waals surface area (Å²) in [6, 6.07) is 0. The first-order valence-electron chi connectivity index (χ1n) is 28.4. The van der Waals surface area contributed by atoms with E-state index in [1.54, 1.807) is 0 Å². The fourth-order valence-corrected chi connectivity index (χ4v) is 8.28. The van der Waals surface area contributed by atoms with Gasteiger partial charge in [0.05, 0.1) is 13.2 Å². The molecule has 0 aliphatic heterocycles. The second-order valence-corrected chi connectivity index (χ2v) is 19.9. The Morgan fingerprint density at radius 2 is 0.775 bits per heavy atom. The Kier molecular flexibility index (Phi) is 53.3. The van der Waals surface area contributed by atoms with Crippen LogP contribution in [0.1, 0.15) is 232 Å². The zero-order valence-electron chi connectivity index (χ0n) is 45.2. The molecule has 0 saturated carbocycles. The van der Waals surface area contributed by atoms with Gasteiger partial charge in [-0.25, -0.2) is 4.57 Å². The van der Waals surface area contributed by atoms with Gasteiger partial charge in [0.2, 0.25) is 0 Å². The lowest BCUT2D eigenvalue weighted by Crippen LogP contribution is -2.29. The van der Waals surface area contributed by atoms with Crippen molar-refractivity contribution in [2.75, 3.05) is 26.4 Å². The molecule has 0 saturated heterocycles. The van der Waals surface area contributed by atoms with E-state index in [2.05, 4.69) is 123 Å². The van der Waals surface area contributed by atoms with Gasteiger partial charge in [0.15, 0.2) is 6.10 Å². The highest BCUT2D eigenvalue weighted by atomic mass is 31.2. The molecule has 0 bridgehead atoms. The molecule has 9 nitrogen and oxygen atoms in total. The van der Waals surface area contributed by atoms with Gasteiger partial charge >= 0.3 is 19.8 Å². The van der Waals surface area contributed by atoms with Crippen LogP contribution in [-0.4, -0.2) is 49.3 Å². The lowest BCUT2D eigenvalue weighted by molar-refractivity contribution is -0.161. The molecule has 0 heterocycles. The maximum atomic E-state index is 12.7. The van der Waals surface area contributed by atoms with Crippen LogP contribution in [0.3, 0.4) is 0 Å². The predicted octanol–water partition coefficient (Wildman–Crippen LogP) is 17.8. The number of phosphoric ester groups is 1. The van der Waals surface area contributed by atoms with Crippen molar-refractivity contribution in [3.63, 3.8) is 0 Å². The van der Waals surface area contributed by atoms with Crippen LogP contribution < -0.4 is 5.73 Å². The molecule has 71 heavy (non-hydrogen) atoms. The van der Waals surface area contributed by atoms with Crippen molar-refractivity contribution in [2.45, 2.75) is 238 Å². The second-order valence-electron chi connectivity index (χ2n) is 18.4. The van der Waals surface area contributed by atoms with Crippen LogP contribution in [0.4, 0.5) is 0 Å². The van der Waals surface area contributed by atoms with Crippen LogP contribution in [0.25, 0.3) is 0 Å². The summed E-state index contributed by atoms with van der Waals surface area (Å²) >= 11 is 0. The van der Waals surface area contributed by atoms with Crippen LogP contribution in [0.15, 0.2) is 109 Å². The molecule has 0 fully saturated rings. The van der Waals surface area contributed by atoms with Gasteiger partial charge in [0.1, 0.15) is 6.61 Å². The van der Waals surface area contributed by atoms with Crippen molar-refractivity contribution < 1.29 is 37.6 Å². The highest BCUT2D eigenvalue weighted by Gasteiger charge is 2.26. The number of rotatable bonds is 52. The number of unbranched alkanes of at least 4 members (excludes halogenated alkanes) is 21. The van der Waals surface area contributed by atoms with E-state index in [1.165, 1.54) is 96.3 Å². The van der Waals surface area contributed by atoms with Gasteiger partial charge in [-0.1, -0.05) is 245 Å². The van der Waals surface area contributed by atoms with Gasteiger partial charge in [-0.15, -0.1) is 0 Å². The third-order valence-corrected chi connectivity index (χ3v) is 12.7. The van der Waals surface area contributed by atoms with Crippen molar-refractivity contribution in [3.05, 3.63) is 109 Å². The van der Waals surface area contributed by atoms with Crippen LogP contribution in [-0.2, 0) is 32.7 Å². The minimum Gasteiger partial charge on any atom is -0.462 e. The number of carbonyl (C=O) groups is 2. The SMILES string of the molecule is CC/C=C\C/C=C\C/C=C\C/C=C\C/C=C\C/C=C\C/C=C\C/C=C\C/C=C\CCCCCCCCCC(=O)OC(COC(=O)CCCCCCCCCCCCCCCCC)COP(=O)(O)OCCN. The number of hydrogen-bond acceptors (Lipinski definition) is 8. The normalized spacial score (nSPS) is 13.9. The number of ether oxygens (including phenoxy) is 2. The first-order chi connectivity index (χ1) is 34.8. The monoisotopic (exact) mass is 1010 g/mol. The summed E-state index contributed by atoms with van der Waals surface area (Å²) in [6.07, 6.45) is 75.7. The summed E-state index contributed by atoms with van der Waals surface area (Å²) in [6.45, 7) is 3.62. The quantitative estimate of drug-likeness (QED) is 0.0264. The number of allylic oxidation sites excluding steroid dienone is 18. The molecular formula is C61H104NO8P. The van der Waals surface area contributed by atoms with E-state index < -0.39 is 26.5 Å². The highest BCUT2D eigenvalue weighted by Crippen LogP contribution is 2.43. The van der Waals surface area contributed by atoms with Gasteiger partial charge in [0, 0.05) is 19.4 Å². The van der Waals surface area contributed by atoms with Crippen LogP contribution >= 0.6 is 7.82 Å². The smallest absolute Gasteiger partial charge is 0.462 e. The molecule has 0 aromatic rings. The second kappa shape index (κ2) is 56.0. The summed E-state index contributed by atoms with van der Waals surface area (Å²) < 4.78 is 33.0. The standard InChI is InChI=1S/C61H104NO8P/c1-3-5-7-9-11-13-15-17-19-20-21-22-23-24-25-26-27-28-29-30-31-32-33-34-35-36-37-38-40-42-44-46-48-50-52-54-61(64)70-59(58-69-71(65,66)68-56-55-62)57-67-60(63)53-51-49-47-45-43-41-39-18-16-14-12-10-8-6-4-2/h5,7,11,13,17,19,21-22,24-25,27-28,30-31,33-34,36-37,59H,3-4,6,8-10,12,14-16,18,20,23,26,29,32,35,38-58,62H2,1-2H3,(H,65,66)/b7-5-,13-11-,19-17-,22-21-,25-24-,28-27-,31-30-,34-33-,37-36-. The van der Waals surface area contributed by atoms with Crippen molar-refractivity contribution in [3.8, 4) is 0 Å². The van der Waals surface area contributed by atoms with Gasteiger partial charge in [-0.05, 0) is 83.5 Å². The van der Waals surface area contributed by atoms with E-state index in [-0.39, 0.29) is 38.6 Å². The number of hydrogen-bond donors (Lipinski definition) is 2. The van der Waals surface area contributed by atoms with Crippen LogP contribution in [0.5, 0.6) is 0 Å². The fourth-order valence-electron chi connectivity index (χ4n) is 7.51. The molecule has 2 unspecified atom stereocenters. The Bertz CT molecular complexity index is 1530. The van der Waals surface area contributed by atoms with E-state index in [0.29, 0.717) is 6.42 Å². The van der Waals surface area contributed by atoms with E-state index >= 15 is 0 Å². The number of carbonyl (C=O) groups excluding carboxylic acids is 2. The van der Waals surface area contributed by atoms with E-state index in [1.807, 2.05) is 0 Å². The molecule has 0 aliphatic rings. The molecule has 0 spiro atoms. The minimum atomic E-state index is -4.39. The van der Waals surface area contributed by atoms with Crippen molar-refractivity contribution in [2.24, 2.45) is 5.73 Å². The maximum absolute atomic E-state index is 12.7. The highest BCUT2D eigenvalue weighted by molar-refractivity contribution is 7.47. The Hall–Kier alpha value is -3.33. The zero-order valence-corrected chi connectivity index (χ0v) is 46.1. The molecule has 0 rings (SSSR count). The molecule has 0 aliphatic carbocycles. The third kappa shape index (κ3) is 55.8. The molecule has 0 amide bonds. The van der Waals surface area contributed by atoms with E-state index in [9.17, 15) is 19.0 Å². The van der Waals surface area contributed by atoms with E-state index in [4.69, 9.17) is 24.3 Å². The average Bonchev–Trinajstić information content (AvgIpc) is 3.36. The summed E-state index contributed by atoms with van der Waals surface area (Å²) in [5, 5.41) is 0. The van der Waals surface area contributed by atoms with E-state index in [0.717, 1.165) is 103 Å². The Labute approximate surface area is 435 Å². The number of esters is 2. The first-order valence-corrected chi connectivity index (χ1v) is 29.9. The third-order valence-electron chi connectivity index (χ3n) is 11.7. The molecule has 0 radical (unpaired) electrons. The maximum Gasteiger partial charge on any atom is 0.472 e. The van der Waals surface area contributed by atoms with Crippen molar-refractivity contribution in [1.29, 1.82) is 0 Å². The van der Waals surface area contributed by atoms with Crippen molar-refractivity contribution in [1.82, 2.24) is 0 Å². The predicted molar refractivity (Wildman–Crippen MR) is 302 cm³/mol.